The van der Waals surface area contributed by atoms with Gasteiger partial charge in [-0.1, -0.05) is 5.21 Å². The van der Waals surface area contributed by atoms with Crippen molar-refractivity contribution in [1.29, 1.82) is 0 Å². The number of thiophene rings is 1. The molecule has 0 saturated carbocycles. The second kappa shape index (κ2) is 6.36. The predicted molar refractivity (Wildman–Crippen MR) is 78.9 cm³/mol. The molecule has 7 heteroatoms. The van der Waals surface area contributed by atoms with Gasteiger partial charge < -0.3 is 10.1 Å². The fourth-order valence-corrected chi connectivity index (χ4v) is 3.06. The highest BCUT2D eigenvalue weighted by Gasteiger charge is 2.20. The van der Waals surface area contributed by atoms with Crippen molar-refractivity contribution in [3.63, 3.8) is 0 Å². The summed E-state index contributed by atoms with van der Waals surface area (Å²) in [5.41, 5.74) is 3.00. The van der Waals surface area contributed by atoms with Crippen LogP contribution in [-0.2, 0) is 29.1 Å². The standard InChI is InChI=1S/C14H18N4O2S/c1-10-13-8-20-7-12(6-18(13)17-16-10)5-15-14(19)4-11-2-3-21-9-11/h2-3,9,12H,4-8H2,1H3,(H,15,19)/t12-/m1/s1. The van der Waals surface area contributed by atoms with Crippen LogP contribution in [-0.4, -0.2) is 34.1 Å². The minimum atomic E-state index is 0.0487. The van der Waals surface area contributed by atoms with E-state index in [1.165, 1.54) is 0 Å². The molecule has 3 heterocycles. The highest BCUT2D eigenvalue weighted by Crippen LogP contribution is 2.14. The van der Waals surface area contributed by atoms with E-state index in [2.05, 4.69) is 15.6 Å². The fraction of sp³-hybridized carbons (Fsp3) is 0.500. The van der Waals surface area contributed by atoms with E-state index >= 15 is 0 Å². The molecule has 1 N–H and O–H groups in total. The van der Waals surface area contributed by atoms with Crippen LogP contribution in [0.3, 0.4) is 0 Å². The Balaban J connectivity index is 1.52. The van der Waals surface area contributed by atoms with Gasteiger partial charge in [-0.05, 0) is 29.3 Å². The highest BCUT2D eigenvalue weighted by atomic mass is 32.1. The zero-order chi connectivity index (χ0) is 14.7. The quantitative estimate of drug-likeness (QED) is 0.920. The Morgan fingerprint density at radius 2 is 2.52 bits per heavy atom. The fourth-order valence-electron chi connectivity index (χ4n) is 2.39. The Labute approximate surface area is 127 Å². The lowest BCUT2D eigenvalue weighted by Crippen LogP contribution is -2.33. The lowest BCUT2D eigenvalue weighted by molar-refractivity contribution is -0.120. The molecule has 0 spiro atoms. The molecule has 0 saturated heterocycles. The summed E-state index contributed by atoms with van der Waals surface area (Å²) in [7, 11) is 0. The van der Waals surface area contributed by atoms with Gasteiger partial charge in [0.1, 0.15) is 0 Å². The molecule has 0 radical (unpaired) electrons. The molecule has 2 aromatic rings. The summed E-state index contributed by atoms with van der Waals surface area (Å²) >= 11 is 1.61. The predicted octanol–water partition coefficient (Wildman–Crippen LogP) is 1.15. The van der Waals surface area contributed by atoms with Gasteiger partial charge in [0.2, 0.25) is 5.91 Å². The van der Waals surface area contributed by atoms with Crippen molar-refractivity contribution in [3.8, 4) is 0 Å². The van der Waals surface area contributed by atoms with Gasteiger partial charge in [-0.2, -0.15) is 11.3 Å². The lowest BCUT2D eigenvalue weighted by Gasteiger charge is -2.14. The van der Waals surface area contributed by atoms with Crippen LogP contribution in [0.1, 0.15) is 17.0 Å². The first-order valence-electron chi connectivity index (χ1n) is 6.97. The first kappa shape index (κ1) is 14.2. The smallest absolute Gasteiger partial charge is 0.224 e. The van der Waals surface area contributed by atoms with Gasteiger partial charge in [-0.3, -0.25) is 4.79 Å². The molecule has 1 aliphatic rings. The summed E-state index contributed by atoms with van der Waals surface area (Å²) in [6.45, 7) is 4.43. The molecule has 1 atom stereocenters. The van der Waals surface area contributed by atoms with Gasteiger partial charge in [-0.25, -0.2) is 4.68 Å². The van der Waals surface area contributed by atoms with Crippen molar-refractivity contribution in [2.24, 2.45) is 5.92 Å². The van der Waals surface area contributed by atoms with Crippen LogP contribution in [0.2, 0.25) is 0 Å². The first-order chi connectivity index (χ1) is 10.2. The van der Waals surface area contributed by atoms with Crippen molar-refractivity contribution < 1.29 is 9.53 Å². The van der Waals surface area contributed by atoms with Gasteiger partial charge in [0.15, 0.2) is 0 Å². The molecule has 6 nitrogen and oxygen atoms in total. The zero-order valence-electron chi connectivity index (χ0n) is 11.9. The lowest BCUT2D eigenvalue weighted by atomic mass is 10.1. The third kappa shape index (κ3) is 3.48. The van der Waals surface area contributed by atoms with E-state index in [-0.39, 0.29) is 11.8 Å². The SMILES string of the molecule is Cc1nnn2c1COC[C@H](CNC(=O)Cc1ccsc1)C2. The van der Waals surface area contributed by atoms with Gasteiger partial charge in [-0.15, -0.1) is 5.10 Å². The van der Waals surface area contributed by atoms with Crippen LogP contribution < -0.4 is 5.32 Å². The number of nitrogens with one attached hydrogen (secondary N) is 1. The summed E-state index contributed by atoms with van der Waals surface area (Å²) in [6, 6.07) is 1.98. The molecule has 1 aliphatic heterocycles. The number of carbonyl (C=O) groups excluding carboxylic acids is 1. The number of aromatic nitrogens is 3. The second-order valence-electron chi connectivity index (χ2n) is 5.30. The van der Waals surface area contributed by atoms with Gasteiger partial charge >= 0.3 is 0 Å². The summed E-state index contributed by atoms with van der Waals surface area (Å²) in [6.07, 6.45) is 0.435. The number of rotatable bonds is 4. The summed E-state index contributed by atoms with van der Waals surface area (Å²) < 4.78 is 7.55. The van der Waals surface area contributed by atoms with E-state index in [4.69, 9.17) is 4.74 Å². The van der Waals surface area contributed by atoms with Crippen molar-refractivity contribution in [3.05, 3.63) is 33.8 Å². The Morgan fingerprint density at radius 3 is 3.33 bits per heavy atom. The largest absolute Gasteiger partial charge is 0.375 e. The van der Waals surface area contributed by atoms with Crippen LogP contribution in [0.15, 0.2) is 16.8 Å². The molecule has 3 rings (SSSR count). The molecule has 0 aromatic carbocycles. The maximum absolute atomic E-state index is 11.9. The molecule has 112 valence electrons. The third-order valence-corrected chi connectivity index (χ3v) is 4.32. The molecule has 1 amide bonds. The molecular weight excluding hydrogens is 288 g/mol. The number of carbonyl (C=O) groups is 1. The van der Waals surface area contributed by atoms with Crippen LogP contribution in [0.5, 0.6) is 0 Å². The number of fused-ring (bicyclic) bond motifs is 1. The van der Waals surface area contributed by atoms with E-state index in [9.17, 15) is 4.79 Å². The minimum absolute atomic E-state index is 0.0487. The Bertz CT molecular complexity index is 609. The van der Waals surface area contributed by atoms with E-state index in [1.54, 1.807) is 11.3 Å². The van der Waals surface area contributed by atoms with Crippen LogP contribution in [0, 0.1) is 12.8 Å². The second-order valence-corrected chi connectivity index (χ2v) is 6.08. The molecule has 0 aliphatic carbocycles. The van der Waals surface area contributed by atoms with Crippen molar-refractivity contribution >= 4 is 17.2 Å². The Morgan fingerprint density at radius 1 is 1.62 bits per heavy atom. The van der Waals surface area contributed by atoms with Gasteiger partial charge in [0, 0.05) is 19.0 Å². The third-order valence-electron chi connectivity index (χ3n) is 3.59. The summed E-state index contributed by atoms with van der Waals surface area (Å²) in [4.78, 5) is 11.9. The first-order valence-corrected chi connectivity index (χ1v) is 7.91. The average molecular weight is 306 g/mol. The van der Waals surface area contributed by atoms with Gasteiger partial charge in [0.25, 0.3) is 0 Å². The van der Waals surface area contributed by atoms with Crippen LogP contribution >= 0.6 is 11.3 Å². The van der Waals surface area contributed by atoms with Crippen molar-refractivity contribution in [2.45, 2.75) is 26.5 Å². The Kier molecular flexibility index (Phi) is 4.31. The molecule has 2 aromatic heterocycles. The van der Waals surface area contributed by atoms with E-state index in [0.717, 1.165) is 23.5 Å². The number of hydrogen-bond donors (Lipinski definition) is 1. The zero-order valence-corrected chi connectivity index (χ0v) is 12.7. The maximum atomic E-state index is 11.9. The van der Waals surface area contributed by atoms with E-state index in [1.807, 2.05) is 28.4 Å². The molecule has 0 bridgehead atoms. The monoisotopic (exact) mass is 306 g/mol. The number of hydrogen-bond acceptors (Lipinski definition) is 5. The van der Waals surface area contributed by atoms with Crippen molar-refractivity contribution in [2.75, 3.05) is 13.2 Å². The van der Waals surface area contributed by atoms with Crippen LogP contribution in [0.4, 0.5) is 0 Å². The molecular formula is C14H18N4O2S. The van der Waals surface area contributed by atoms with Crippen molar-refractivity contribution in [1.82, 2.24) is 20.3 Å². The highest BCUT2D eigenvalue weighted by molar-refractivity contribution is 7.07. The normalized spacial score (nSPS) is 18.0. The topological polar surface area (TPSA) is 69.0 Å². The van der Waals surface area contributed by atoms with E-state index < -0.39 is 0 Å². The number of amides is 1. The maximum Gasteiger partial charge on any atom is 0.224 e. The molecule has 21 heavy (non-hydrogen) atoms. The number of aryl methyl sites for hydroxylation is 1. The van der Waals surface area contributed by atoms with Crippen LogP contribution in [0.25, 0.3) is 0 Å². The minimum Gasteiger partial charge on any atom is -0.375 e. The van der Waals surface area contributed by atoms with Gasteiger partial charge in [0.05, 0.1) is 31.0 Å². The number of ether oxygens (including phenoxy) is 1. The summed E-state index contributed by atoms with van der Waals surface area (Å²) in [5.74, 6) is 0.270. The van der Waals surface area contributed by atoms with E-state index in [0.29, 0.717) is 26.2 Å². The molecule has 0 fully saturated rings. The Hall–Kier alpha value is -1.73. The summed E-state index contributed by atoms with van der Waals surface area (Å²) in [5, 5.41) is 15.2. The molecule has 0 unspecified atom stereocenters. The average Bonchev–Trinajstić information content (AvgIpc) is 3.03. The number of nitrogens with zero attached hydrogens (tertiary/aromatic N) is 3.